The van der Waals surface area contributed by atoms with Crippen LogP contribution in [0.3, 0.4) is 0 Å². The number of aromatic nitrogens is 5. The molecule has 9 nitrogen and oxygen atoms in total. The molecule has 4 heterocycles. The Bertz CT molecular complexity index is 893. The first-order valence-corrected chi connectivity index (χ1v) is 10.8. The summed E-state index contributed by atoms with van der Waals surface area (Å²) in [6.07, 6.45) is 7.01. The molecule has 3 aliphatic rings. The van der Waals surface area contributed by atoms with Crippen molar-refractivity contribution in [2.24, 2.45) is 7.05 Å². The molecule has 2 unspecified atom stereocenters. The average molecular weight is 399 g/mol. The molecule has 0 bridgehead atoms. The van der Waals surface area contributed by atoms with Crippen LogP contribution in [0.1, 0.15) is 80.9 Å². The first-order valence-electron chi connectivity index (χ1n) is 10.8. The molecule has 156 valence electrons. The van der Waals surface area contributed by atoms with Crippen molar-refractivity contribution in [1.29, 1.82) is 0 Å². The number of anilines is 1. The smallest absolute Gasteiger partial charge is 0.323 e. The van der Waals surface area contributed by atoms with Crippen LogP contribution in [0.25, 0.3) is 0 Å². The van der Waals surface area contributed by atoms with Gasteiger partial charge in [0, 0.05) is 38.7 Å². The molecule has 1 N–H and O–H groups in total. The number of urea groups is 1. The SMILES string of the molecule is CC1c2nnc(C3CCCC3)n2CCN1C(=O)Nc1cc(C2CCCO2)nn1C. The van der Waals surface area contributed by atoms with Crippen molar-refractivity contribution in [2.75, 3.05) is 18.5 Å². The lowest BCUT2D eigenvalue weighted by atomic mass is 10.1. The zero-order valence-electron chi connectivity index (χ0n) is 17.2. The molecule has 1 saturated heterocycles. The van der Waals surface area contributed by atoms with Crippen LogP contribution in [-0.4, -0.2) is 48.6 Å². The Labute approximate surface area is 170 Å². The highest BCUT2D eigenvalue weighted by Crippen LogP contribution is 2.36. The van der Waals surface area contributed by atoms with E-state index < -0.39 is 0 Å². The van der Waals surface area contributed by atoms with E-state index in [4.69, 9.17) is 4.74 Å². The first kappa shape index (κ1) is 18.6. The fourth-order valence-corrected chi connectivity index (χ4v) is 4.93. The van der Waals surface area contributed by atoms with Gasteiger partial charge < -0.3 is 14.2 Å². The lowest BCUT2D eigenvalue weighted by Crippen LogP contribution is -2.44. The first-order chi connectivity index (χ1) is 14.1. The Morgan fingerprint density at radius 3 is 2.69 bits per heavy atom. The summed E-state index contributed by atoms with van der Waals surface area (Å²) in [6.45, 7) is 4.20. The summed E-state index contributed by atoms with van der Waals surface area (Å²) in [5, 5.41) is 16.5. The van der Waals surface area contributed by atoms with Gasteiger partial charge in [-0.3, -0.25) is 10.00 Å². The maximum atomic E-state index is 13.0. The van der Waals surface area contributed by atoms with Gasteiger partial charge in [-0.15, -0.1) is 10.2 Å². The Kier molecular flexibility index (Phi) is 4.77. The number of nitrogens with zero attached hydrogens (tertiary/aromatic N) is 6. The van der Waals surface area contributed by atoms with Gasteiger partial charge in [0.05, 0.1) is 11.7 Å². The number of rotatable bonds is 3. The van der Waals surface area contributed by atoms with Crippen molar-refractivity contribution < 1.29 is 9.53 Å². The summed E-state index contributed by atoms with van der Waals surface area (Å²) in [6, 6.07) is 1.68. The van der Waals surface area contributed by atoms with E-state index in [2.05, 4.69) is 25.2 Å². The topological polar surface area (TPSA) is 90.1 Å². The van der Waals surface area contributed by atoms with E-state index >= 15 is 0 Å². The second-order valence-corrected chi connectivity index (χ2v) is 8.43. The lowest BCUT2D eigenvalue weighted by molar-refractivity contribution is 0.108. The van der Waals surface area contributed by atoms with Crippen molar-refractivity contribution in [3.05, 3.63) is 23.4 Å². The fourth-order valence-electron chi connectivity index (χ4n) is 4.93. The maximum Gasteiger partial charge on any atom is 0.323 e. The Balaban J connectivity index is 1.30. The summed E-state index contributed by atoms with van der Waals surface area (Å²) in [4.78, 5) is 14.9. The van der Waals surface area contributed by atoms with Crippen LogP contribution in [0.4, 0.5) is 10.6 Å². The zero-order valence-corrected chi connectivity index (χ0v) is 17.2. The Morgan fingerprint density at radius 1 is 1.14 bits per heavy atom. The van der Waals surface area contributed by atoms with E-state index in [-0.39, 0.29) is 18.2 Å². The quantitative estimate of drug-likeness (QED) is 0.856. The maximum absolute atomic E-state index is 13.0. The molecule has 2 amide bonds. The highest BCUT2D eigenvalue weighted by Gasteiger charge is 2.34. The van der Waals surface area contributed by atoms with Crippen LogP contribution < -0.4 is 5.32 Å². The fraction of sp³-hybridized carbons (Fsp3) is 0.700. The standard InChI is InChI=1S/C20H29N7O2/c1-13-18-22-23-19(14-6-3-4-7-14)27(18)10-9-26(13)20(28)21-17-12-15(24-25(17)2)16-8-5-11-29-16/h12-14,16H,3-11H2,1-2H3,(H,21,28). The summed E-state index contributed by atoms with van der Waals surface area (Å²) < 4.78 is 9.66. The van der Waals surface area contributed by atoms with Gasteiger partial charge in [0.15, 0.2) is 5.82 Å². The molecule has 1 aliphatic carbocycles. The van der Waals surface area contributed by atoms with Gasteiger partial charge in [-0.05, 0) is 32.6 Å². The van der Waals surface area contributed by atoms with Crippen LogP contribution >= 0.6 is 0 Å². The molecule has 1 saturated carbocycles. The molecule has 2 aromatic heterocycles. The van der Waals surface area contributed by atoms with Gasteiger partial charge in [0.1, 0.15) is 17.7 Å². The molecule has 2 aliphatic heterocycles. The molecule has 5 rings (SSSR count). The number of carbonyl (C=O) groups excluding carboxylic acids is 1. The predicted molar refractivity (Wildman–Crippen MR) is 107 cm³/mol. The number of carbonyl (C=O) groups is 1. The van der Waals surface area contributed by atoms with Crippen molar-refractivity contribution in [2.45, 2.75) is 70.1 Å². The second-order valence-electron chi connectivity index (χ2n) is 8.43. The van der Waals surface area contributed by atoms with Gasteiger partial charge in [0.2, 0.25) is 0 Å². The lowest BCUT2D eigenvalue weighted by Gasteiger charge is -2.34. The molecule has 2 aromatic rings. The Hall–Kier alpha value is -2.42. The van der Waals surface area contributed by atoms with Crippen LogP contribution in [-0.2, 0) is 18.3 Å². The molecule has 0 radical (unpaired) electrons. The van der Waals surface area contributed by atoms with Crippen molar-refractivity contribution in [3.63, 3.8) is 0 Å². The van der Waals surface area contributed by atoms with Gasteiger partial charge >= 0.3 is 6.03 Å². The van der Waals surface area contributed by atoms with Crippen molar-refractivity contribution >= 4 is 11.8 Å². The van der Waals surface area contributed by atoms with Gasteiger partial charge in [-0.1, -0.05) is 12.8 Å². The third kappa shape index (κ3) is 3.31. The molecular weight excluding hydrogens is 370 g/mol. The summed E-state index contributed by atoms with van der Waals surface area (Å²) in [7, 11) is 1.85. The average Bonchev–Trinajstić information content (AvgIpc) is 3.49. The van der Waals surface area contributed by atoms with Gasteiger partial charge in [-0.2, -0.15) is 5.10 Å². The number of ether oxygens (including phenoxy) is 1. The summed E-state index contributed by atoms with van der Waals surface area (Å²) in [5.41, 5.74) is 0.882. The van der Waals surface area contributed by atoms with Crippen LogP contribution in [0.2, 0.25) is 0 Å². The van der Waals surface area contributed by atoms with E-state index in [1.807, 2.05) is 24.9 Å². The van der Waals surface area contributed by atoms with Crippen molar-refractivity contribution in [3.8, 4) is 0 Å². The molecule has 0 spiro atoms. The van der Waals surface area contributed by atoms with Crippen LogP contribution in [0.5, 0.6) is 0 Å². The van der Waals surface area contributed by atoms with Crippen molar-refractivity contribution in [1.82, 2.24) is 29.4 Å². The molecule has 9 heteroatoms. The predicted octanol–water partition coefficient (Wildman–Crippen LogP) is 3.13. The highest BCUT2D eigenvalue weighted by atomic mass is 16.5. The molecule has 0 aromatic carbocycles. The molecule has 29 heavy (non-hydrogen) atoms. The third-order valence-electron chi connectivity index (χ3n) is 6.59. The van der Waals surface area contributed by atoms with E-state index in [9.17, 15) is 4.79 Å². The van der Waals surface area contributed by atoms with Gasteiger partial charge in [0.25, 0.3) is 0 Å². The minimum absolute atomic E-state index is 0.0355. The number of nitrogens with one attached hydrogen (secondary N) is 1. The van der Waals surface area contributed by atoms with E-state index in [0.717, 1.165) is 43.3 Å². The minimum Gasteiger partial charge on any atom is -0.372 e. The van der Waals surface area contributed by atoms with Gasteiger partial charge in [-0.25, -0.2) is 4.79 Å². The minimum atomic E-state index is -0.129. The molecule has 2 fully saturated rings. The van der Waals surface area contributed by atoms with E-state index in [1.54, 1.807) is 4.68 Å². The van der Waals surface area contributed by atoms with Crippen LogP contribution in [0, 0.1) is 0 Å². The number of hydrogen-bond acceptors (Lipinski definition) is 5. The Morgan fingerprint density at radius 2 is 1.93 bits per heavy atom. The second kappa shape index (κ2) is 7.44. The number of hydrogen-bond donors (Lipinski definition) is 1. The van der Waals surface area contributed by atoms with E-state index in [0.29, 0.717) is 18.3 Å². The van der Waals surface area contributed by atoms with E-state index in [1.165, 1.54) is 25.7 Å². The number of amides is 2. The molecular formula is C20H29N7O2. The summed E-state index contributed by atoms with van der Waals surface area (Å²) in [5.74, 6) is 3.21. The van der Waals surface area contributed by atoms with Crippen LogP contribution in [0.15, 0.2) is 6.07 Å². The third-order valence-corrected chi connectivity index (χ3v) is 6.59. The number of fused-ring (bicyclic) bond motifs is 1. The summed E-state index contributed by atoms with van der Waals surface area (Å²) >= 11 is 0. The normalized spacial score (nSPS) is 24.8. The molecule has 2 atom stereocenters. The highest BCUT2D eigenvalue weighted by molar-refractivity contribution is 5.88. The zero-order chi connectivity index (χ0) is 20.0. The monoisotopic (exact) mass is 399 g/mol. The largest absolute Gasteiger partial charge is 0.372 e. The number of aryl methyl sites for hydroxylation is 1.